The summed E-state index contributed by atoms with van der Waals surface area (Å²) in [6.45, 7) is 8.68. The molecule has 0 aromatic heterocycles. The number of esters is 1. The van der Waals surface area contributed by atoms with Crippen molar-refractivity contribution in [3.8, 4) is 0 Å². The number of carbonyl (C=O) groups is 3. The summed E-state index contributed by atoms with van der Waals surface area (Å²) in [5.74, 6) is -1.12. The van der Waals surface area contributed by atoms with Crippen LogP contribution in [-0.4, -0.2) is 48.0 Å². The molecule has 154 valence electrons. The van der Waals surface area contributed by atoms with Crippen LogP contribution in [0.15, 0.2) is 43.0 Å². The topological polar surface area (TPSA) is 93.7 Å². The number of ether oxygens (including phenoxy) is 2. The van der Waals surface area contributed by atoms with Gasteiger partial charge in [0.1, 0.15) is 24.3 Å². The summed E-state index contributed by atoms with van der Waals surface area (Å²) in [5.41, 5.74) is 0.135. The zero-order valence-corrected chi connectivity index (χ0v) is 17.3. The Labute approximate surface area is 171 Å². The van der Waals surface area contributed by atoms with Crippen molar-refractivity contribution in [1.29, 1.82) is 0 Å². The molecule has 0 heterocycles. The van der Waals surface area contributed by atoms with Crippen molar-refractivity contribution in [1.82, 2.24) is 10.6 Å². The Morgan fingerprint density at radius 2 is 1.79 bits per heavy atom. The van der Waals surface area contributed by atoms with Crippen molar-refractivity contribution < 1.29 is 23.9 Å². The highest BCUT2D eigenvalue weighted by Crippen LogP contribution is 2.09. The molecular weight excluding hydrogens is 380 g/mol. The van der Waals surface area contributed by atoms with Gasteiger partial charge in [-0.15, -0.1) is 0 Å². The van der Waals surface area contributed by atoms with Gasteiger partial charge in [-0.1, -0.05) is 43.0 Å². The van der Waals surface area contributed by atoms with Gasteiger partial charge in [-0.2, -0.15) is 12.6 Å². The van der Waals surface area contributed by atoms with Crippen molar-refractivity contribution in [3.05, 3.63) is 48.6 Å². The fourth-order valence-corrected chi connectivity index (χ4v) is 2.44. The Balaban J connectivity index is 2.89. The van der Waals surface area contributed by atoms with Gasteiger partial charge in [-0.25, -0.2) is 9.59 Å². The molecule has 0 fully saturated rings. The third kappa shape index (κ3) is 8.94. The average molecular weight is 409 g/mol. The fraction of sp³-hybridized carbons (Fsp3) is 0.450. The van der Waals surface area contributed by atoms with Crippen LogP contribution in [0.1, 0.15) is 26.3 Å². The lowest BCUT2D eigenvalue weighted by molar-refractivity contribution is -0.146. The third-order valence-electron chi connectivity index (χ3n) is 3.42. The van der Waals surface area contributed by atoms with Gasteiger partial charge >= 0.3 is 12.1 Å². The molecule has 2 N–H and O–H groups in total. The van der Waals surface area contributed by atoms with Gasteiger partial charge in [0.05, 0.1) is 0 Å². The summed E-state index contributed by atoms with van der Waals surface area (Å²) in [4.78, 5) is 36.9. The maximum atomic E-state index is 12.8. The fourth-order valence-electron chi connectivity index (χ4n) is 2.20. The maximum Gasteiger partial charge on any atom is 0.408 e. The van der Waals surface area contributed by atoms with Crippen LogP contribution >= 0.6 is 12.6 Å². The molecule has 1 rings (SSSR count). The van der Waals surface area contributed by atoms with E-state index < -0.39 is 35.7 Å². The van der Waals surface area contributed by atoms with Crippen molar-refractivity contribution >= 4 is 30.6 Å². The van der Waals surface area contributed by atoms with Crippen LogP contribution in [-0.2, 0) is 25.5 Å². The van der Waals surface area contributed by atoms with Gasteiger partial charge in [-0.05, 0) is 26.3 Å². The van der Waals surface area contributed by atoms with E-state index in [2.05, 4.69) is 29.8 Å². The van der Waals surface area contributed by atoms with E-state index in [9.17, 15) is 14.4 Å². The molecule has 1 aromatic rings. The predicted molar refractivity (Wildman–Crippen MR) is 110 cm³/mol. The highest BCUT2D eigenvalue weighted by atomic mass is 32.1. The van der Waals surface area contributed by atoms with Crippen LogP contribution < -0.4 is 10.6 Å². The Kier molecular flexibility index (Phi) is 9.58. The minimum Gasteiger partial charge on any atom is -0.460 e. The number of benzene rings is 1. The lowest BCUT2D eigenvalue weighted by Gasteiger charge is -2.24. The lowest BCUT2D eigenvalue weighted by atomic mass is 10.1. The van der Waals surface area contributed by atoms with Gasteiger partial charge in [0.25, 0.3) is 0 Å². The van der Waals surface area contributed by atoms with Crippen LogP contribution in [0.4, 0.5) is 4.79 Å². The second-order valence-electron chi connectivity index (χ2n) is 7.05. The molecule has 1 aromatic carbocycles. The molecule has 2 amide bonds. The molecule has 8 heteroatoms. The number of rotatable bonds is 9. The molecular formula is C20H28N2O5S. The summed E-state index contributed by atoms with van der Waals surface area (Å²) < 4.78 is 10.2. The molecule has 0 aliphatic carbocycles. The molecule has 0 bridgehead atoms. The molecule has 0 saturated heterocycles. The van der Waals surface area contributed by atoms with Gasteiger partial charge < -0.3 is 20.1 Å². The predicted octanol–water partition coefficient (Wildman–Crippen LogP) is 2.27. The highest BCUT2D eigenvalue weighted by Gasteiger charge is 2.28. The Hall–Kier alpha value is -2.48. The Morgan fingerprint density at radius 1 is 1.14 bits per heavy atom. The first kappa shape index (κ1) is 23.6. The van der Waals surface area contributed by atoms with Crippen LogP contribution in [0, 0.1) is 0 Å². The largest absolute Gasteiger partial charge is 0.460 e. The molecule has 0 aliphatic rings. The summed E-state index contributed by atoms with van der Waals surface area (Å²) in [6, 6.07) is 7.31. The number of hydrogen-bond acceptors (Lipinski definition) is 6. The lowest BCUT2D eigenvalue weighted by Crippen LogP contribution is -2.54. The number of hydrogen-bond donors (Lipinski definition) is 3. The minimum absolute atomic E-state index is 0.0303. The number of nitrogens with one attached hydrogen (secondary N) is 2. The van der Waals surface area contributed by atoms with Crippen molar-refractivity contribution in [2.24, 2.45) is 0 Å². The van der Waals surface area contributed by atoms with E-state index >= 15 is 0 Å². The molecule has 2 atom stereocenters. The van der Waals surface area contributed by atoms with E-state index in [4.69, 9.17) is 9.47 Å². The first-order valence-electron chi connectivity index (χ1n) is 8.88. The van der Waals surface area contributed by atoms with Gasteiger partial charge in [0.15, 0.2) is 0 Å². The molecule has 0 aliphatic heterocycles. The van der Waals surface area contributed by atoms with E-state index in [1.165, 1.54) is 6.08 Å². The summed E-state index contributed by atoms with van der Waals surface area (Å²) in [7, 11) is 0. The van der Waals surface area contributed by atoms with Crippen molar-refractivity contribution in [2.75, 3.05) is 12.4 Å². The third-order valence-corrected chi connectivity index (χ3v) is 3.78. The Morgan fingerprint density at radius 3 is 2.32 bits per heavy atom. The standard InChI is InChI=1S/C20H28N2O5S/c1-5-11-26-18(24)16(13-28)21-17(23)15(12-14-9-7-6-8-10-14)22-19(25)27-20(2,3)4/h5-10,15-16,28H,1,11-13H2,2-4H3,(H,21,23)(H,22,25)/t15-,16-/m0/s1. The van der Waals surface area contributed by atoms with E-state index in [1.54, 1.807) is 20.8 Å². The number of alkyl carbamates (subject to hydrolysis) is 1. The summed E-state index contributed by atoms with van der Waals surface area (Å²) in [6.07, 6.45) is 0.935. The van der Waals surface area contributed by atoms with Gasteiger partial charge in [0, 0.05) is 12.2 Å². The van der Waals surface area contributed by atoms with Crippen LogP contribution in [0.2, 0.25) is 0 Å². The molecule has 28 heavy (non-hydrogen) atoms. The van der Waals surface area contributed by atoms with Gasteiger partial charge in [-0.3, -0.25) is 4.79 Å². The SMILES string of the molecule is C=CCOC(=O)[C@H](CS)NC(=O)[C@H](Cc1ccccc1)NC(=O)OC(C)(C)C. The zero-order chi connectivity index (χ0) is 21.2. The first-order valence-corrected chi connectivity index (χ1v) is 9.51. The average Bonchev–Trinajstić information content (AvgIpc) is 2.62. The molecule has 7 nitrogen and oxygen atoms in total. The molecule has 0 unspecified atom stereocenters. The number of thiol groups is 1. The summed E-state index contributed by atoms with van der Waals surface area (Å²) in [5, 5.41) is 5.14. The molecule has 0 spiro atoms. The smallest absolute Gasteiger partial charge is 0.408 e. The quantitative estimate of drug-likeness (QED) is 0.331. The van der Waals surface area contributed by atoms with E-state index in [0.717, 1.165) is 5.56 Å². The Bertz CT molecular complexity index is 673. The number of amides is 2. The van der Waals surface area contributed by atoms with E-state index in [0.29, 0.717) is 0 Å². The zero-order valence-electron chi connectivity index (χ0n) is 16.4. The maximum absolute atomic E-state index is 12.8. The first-order chi connectivity index (χ1) is 13.2. The number of carbonyl (C=O) groups excluding carboxylic acids is 3. The van der Waals surface area contributed by atoms with Crippen molar-refractivity contribution in [3.63, 3.8) is 0 Å². The van der Waals surface area contributed by atoms with Crippen LogP contribution in [0.3, 0.4) is 0 Å². The minimum atomic E-state index is -0.950. The van der Waals surface area contributed by atoms with Crippen LogP contribution in [0.25, 0.3) is 0 Å². The van der Waals surface area contributed by atoms with E-state index in [1.807, 2.05) is 30.3 Å². The van der Waals surface area contributed by atoms with E-state index in [-0.39, 0.29) is 18.8 Å². The normalized spacial score (nSPS) is 13.0. The van der Waals surface area contributed by atoms with Crippen molar-refractivity contribution in [2.45, 2.75) is 44.9 Å². The van der Waals surface area contributed by atoms with Crippen LogP contribution in [0.5, 0.6) is 0 Å². The second kappa shape index (κ2) is 11.4. The molecule has 0 radical (unpaired) electrons. The van der Waals surface area contributed by atoms with Gasteiger partial charge in [0.2, 0.25) is 5.91 Å². The molecule has 0 saturated carbocycles. The summed E-state index contributed by atoms with van der Waals surface area (Å²) >= 11 is 4.09. The highest BCUT2D eigenvalue weighted by molar-refractivity contribution is 7.80. The second-order valence-corrected chi connectivity index (χ2v) is 7.42. The monoisotopic (exact) mass is 408 g/mol.